The monoisotopic (exact) mass is 266 g/mol. The maximum Gasteiger partial charge on any atom is 0.141 e. The van der Waals surface area contributed by atoms with E-state index < -0.39 is 0 Å². The molecule has 0 radical (unpaired) electrons. The van der Waals surface area contributed by atoms with Crippen LogP contribution in [0.3, 0.4) is 0 Å². The van der Waals surface area contributed by atoms with Crippen molar-refractivity contribution in [3.63, 3.8) is 0 Å². The third-order valence-corrected chi connectivity index (χ3v) is 3.74. The minimum atomic E-state index is 0.573. The molecule has 0 unspecified atom stereocenters. The van der Waals surface area contributed by atoms with Gasteiger partial charge in [0.05, 0.1) is 12.7 Å². The Hall–Kier alpha value is -2.42. The molecule has 0 saturated heterocycles. The van der Waals surface area contributed by atoms with E-state index >= 15 is 0 Å². The summed E-state index contributed by atoms with van der Waals surface area (Å²) in [7, 11) is 1.66. The van der Waals surface area contributed by atoms with Crippen LogP contribution >= 0.6 is 0 Å². The molecule has 0 aromatic heterocycles. The van der Waals surface area contributed by atoms with Crippen LogP contribution < -0.4 is 14.2 Å². The predicted octanol–water partition coefficient (Wildman–Crippen LogP) is 3.43. The lowest BCUT2D eigenvalue weighted by atomic mass is 9.96. The molecule has 4 rings (SSSR count). The summed E-state index contributed by atoms with van der Waals surface area (Å²) in [6, 6.07) is 14.0. The van der Waals surface area contributed by atoms with Crippen molar-refractivity contribution in [2.24, 2.45) is 0 Å². The Morgan fingerprint density at radius 1 is 1.05 bits per heavy atom. The van der Waals surface area contributed by atoms with Crippen LogP contribution in [-0.4, -0.2) is 13.7 Å². The molecule has 0 N–H and O–H groups in total. The molecule has 3 nitrogen and oxygen atoms in total. The fraction of sp³-hybridized carbons (Fsp3) is 0.176. The Kier molecular flexibility index (Phi) is 2.46. The Morgan fingerprint density at radius 3 is 2.85 bits per heavy atom. The van der Waals surface area contributed by atoms with Crippen molar-refractivity contribution in [3.8, 4) is 17.2 Å². The van der Waals surface area contributed by atoms with E-state index in [4.69, 9.17) is 14.2 Å². The molecular formula is C17H14O3. The van der Waals surface area contributed by atoms with Crippen LogP contribution in [-0.2, 0) is 6.42 Å². The van der Waals surface area contributed by atoms with Gasteiger partial charge in [0, 0.05) is 18.1 Å². The summed E-state index contributed by atoms with van der Waals surface area (Å²) in [6.07, 6.45) is 0.886. The minimum absolute atomic E-state index is 0.573. The van der Waals surface area contributed by atoms with E-state index in [1.165, 1.54) is 11.1 Å². The molecule has 0 aliphatic carbocycles. The van der Waals surface area contributed by atoms with Crippen molar-refractivity contribution in [2.45, 2.75) is 6.42 Å². The fourth-order valence-electron chi connectivity index (χ4n) is 2.71. The number of methoxy groups -OCH3 is 1. The molecule has 2 aromatic rings. The van der Waals surface area contributed by atoms with Gasteiger partial charge in [-0.15, -0.1) is 0 Å². The molecule has 2 heterocycles. The molecule has 2 aliphatic heterocycles. The highest BCUT2D eigenvalue weighted by molar-refractivity contribution is 5.75. The zero-order valence-electron chi connectivity index (χ0n) is 11.2. The second kappa shape index (κ2) is 4.30. The number of ether oxygens (including phenoxy) is 3. The van der Waals surface area contributed by atoms with E-state index in [0.29, 0.717) is 6.61 Å². The second-order valence-electron chi connectivity index (χ2n) is 4.97. The number of rotatable bonds is 1. The molecule has 0 saturated carbocycles. The quantitative estimate of drug-likeness (QED) is 0.791. The Balaban J connectivity index is 1.80. The standard InChI is InChI=1S/C17H14O3/c1-18-13-6-7-14-16(9-13)19-10-12-8-11-4-2-3-5-15(11)20-17(12)14/h2-7,9H,8,10H2,1H3. The van der Waals surface area contributed by atoms with Crippen LogP contribution in [0.4, 0.5) is 0 Å². The van der Waals surface area contributed by atoms with Gasteiger partial charge in [0.1, 0.15) is 29.6 Å². The van der Waals surface area contributed by atoms with Crippen molar-refractivity contribution < 1.29 is 14.2 Å². The molecule has 0 atom stereocenters. The predicted molar refractivity (Wildman–Crippen MR) is 76.2 cm³/mol. The zero-order chi connectivity index (χ0) is 13.5. The van der Waals surface area contributed by atoms with Gasteiger partial charge in [-0.2, -0.15) is 0 Å². The first kappa shape index (κ1) is 11.4. The van der Waals surface area contributed by atoms with Crippen LogP contribution in [0.2, 0.25) is 0 Å². The summed E-state index contributed by atoms with van der Waals surface area (Å²) in [5.74, 6) is 3.49. The maximum absolute atomic E-state index is 6.09. The van der Waals surface area contributed by atoms with E-state index in [2.05, 4.69) is 6.07 Å². The van der Waals surface area contributed by atoms with Crippen LogP contribution in [0.15, 0.2) is 48.0 Å². The van der Waals surface area contributed by atoms with Gasteiger partial charge < -0.3 is 14.2 Å². The third kappa shape index (κ3) is 1.67. The topological polar surface area (TPSA) is 27.7 Å². The normalized spacial score (nSPS) is 15.4. The van der Waals surface area contributed by atoms with E-state index in [-0.39, 0.29) is 0 Å². The van der Waals surface area contributed by atoms with Crippen LogP contribution in [0.25, 0.3) is 5.76 Å². The lowest BCUT2D eigenvalue weighted by Gasteiger charge is -2.28. The van der Waals surface area contributed by atoms with Crippen molar-refractivity contribution in [1.29, 1.82) is 0 Å². The Labute approximate surface area is 117 Å². The summed E-state index contributed by atoms with van der Waals surface area (Å²) in [6.45, 7) is 0.573. The minimum Gasteiger partial charge on any atom is -0.497 e. The van der Waals surface area contributed by atoms with Crippen LogP contribution in [0.5, 0.6) is 17.2 Å². The summed E-state index contributed by atoms with van der Waals surface area (Å²) < 4.78 is 17.2. The van der Waals surface area contributed by atoms with Gasteiger partial charge in [-0.1, -0.05) is 18.2 Å². The molecule has 3 heteroatoms. The van der Waals surface area contributed by atoms with Gasteiger partial charge >= 0.3 is 0 Å². The van der Waals surface area contributed by atoms with E-state index in [9.17, 15) is 0 Å². The van der Waals surface area contributed by atoms with E-state index in [1.807, 2.05) is 36.4 Å². The maximum atomic E-state index is 6.09. The second-order valence-corrected chi connectivity index (χ2v) is 4.97. The average molecular weight is 266 g/mol. The zero-order valence-corrected chi connectivity index (χ0v) is 11.2. The van der Waals surface area contributed by atoms with Gasteiger partial charge in [-0.3, -0.25) is 0 Å². The summed E-state index contributed by atoms with van der Waals surface area (Å²) in [5.41, 5.74) is 3.41. The first-order valence-electron chi connectivity index (χ1n) is 6.64. The first-order chi connectivity index (χ1) is 9.85. The fourth-order valence-corrected chi connectivity index (χ4v) is 2.71. The SMILES string of the molecule is COc1ccc2c(c1)OCC1=C2Oc2ccccc2C1. The molecule has 0 bridgehead atoms. The molecule has 2 aromatic carbocycles. The van der Waals surface area contributed by atoms with Crippen LogP contribution in [0, 0.1) is 0 Å². The smallest absolute Gasteiger partial charge is 0.141 e. The summed E-state index contributed by atoms with van der Waals surface area (Å²) in [5, 5.41) is 0. The van der Waals surface area contributed by atoms with Crippen LogP contribution in [0.1, 0.15) is 11.1 Å². The average Bonchev–Trinajstić information content (AvgIpc) is 2.52. The summed E-state index contributed by atoms with van der Waals surface area (Å²) >= 11 is 0. The lowest BCUT2D eigenvalue weighted by molar-refractivity contribution is 0.323. The van der Waals surface area contributed by atoms with Crippen molar-refractivity contribution in [3.05, 3.63) is 59.2 Å². The first-order valence-corrected chi connectivity index (χ1v) is 6.64. The largest absolute Gasteiger partial charge is 0.497 e. The highest BCUT2D eigenvalue weighted by Gasteiger charge is 2.27. The Bertz CT molecular complexity index is 716. The van der Waals surface area contributed by atoms with Gasteiger partial charge in [-0.05, 0) is 23.8 Å². The molecule has 20 heavy (non-hydrogen) atoms. The van der Waals surface area contributed by atoms with Gasteiger partial charge in [0.15, 0.2) is 0 Å². The third-order valence-electron chi connectivity index (χ3n) is 3.74. The van der Waals surface area contributed by atoms with Crippen molar-refractivity contribution >= 4 is 5.76 Å². The lowest BCUT2D eigenvalue weighted by Crippen LogP contribution is -2.19. The number of hydrogen-bond acceptors (Lipinski definition) is 3. The van der Waals surface area contributed by atoms with Crippen molar-refractivity contribution in [1.82, 2.24) is 0 Å². The van der Waals surface area contributed by atoms with Crippen molar-refractivity contribution in [2.75, 3.05) is 13.7 Å². The van der Waals surface area contributed by atoms with E-state index in [0.717, 1.165) is 35.0 Å². The molecule has 0 amide bonds. The molecule has 100 valence electrons. The number of hydrogen-bond donors (Lipinski definition) is 0. The molecule has 0 spiro atoms. The van der Waals surface area contributed by atoms with E-state index in [1.54, 1.807) is 7.11 Å². The molecule has 0 fully saturated rings. The highest BCUT2D eigenvalue weighted by atomic mass is 16.5. The summed E-state index contributed by atoms with van der Waals surface area (Å²) in [4.78, 5) is 0. The number of benzene rings is 2. The highest BCUT2D eigenvalue weighted by Crippen LogP contribution is 2.41. The molecule has 2 aliphatic rings. The molecular weight excluding hydrogens is 252 g/mol. The number of para-hydroxylation sites is 1. The Morgan fingerprint density at radius 2 is 1.95 bits per heavy atom. The van der Waals surface area contributed by atoms with Gasteiger partial charge in [-0.25, -0.2) is 0 Å². The van der Waals surface area contributed by atoms with Gasteiger partial charge in [0.25, 0.3) is 0 Å². The number of fused-ring (bicyclic) bond motifs is 3. The van der Waals surface area contributed by atoms with Gasteiger partial charge in [0.2, 0.25) is 0 Å².